The van der Waals surface area contributed by atoms with E-state index in [1.807, 2.05) is 13.8 Å². The fraction of sp³-hybridized carbons (Fsp3) is 0.529. The highest BCUT2D eigenvalue weighted by Gasteiger charge is 2.14. The minimum atomic E-state index is -0.0682. The molecule has 0 radical (unpaired) electrons. The van der Waals surface area contributed by atoms with Crippen LogP contribution in [0.25, 0.3) is 0 Å². The molecule has 0 aliphatic carbocycles. The summed E-state index contributed by atoms with van der Waals surface area (Å²) < 4.78 is 0. The highest BCUT2D eigenvalue weighted by molar-refractivity contribution is 5.96. The normalized spacial score (nSPS) is 10.5. The predicted octanol–water partition coefficient (Wildman–Crippen LogP) is 3.59. The highest BCUT2D eigenvalue weighted by atomic mass is 16.2. The van der Waals surface area contributed by atoms with Crippen LogP contribution >= 0.6 is 0 Å². The number of anilines is 1. The quantitative estimate of drug-likeness (QED) is 0.719. The Morgan fingerprint density at radius 1 is 1.05 bits per heavy atom. The summed E-state index contributed by atoms with van der Waals surface area (Å²) in [6.45, 7) is 6.81. The zero-order valence-electron chi connectivity index (χ0n) is 13.2. The topological polar surface area (TPSA) is 58.2 Å². The lowest BCUT2D eigenvalue weighted by atomic mass is 10.0. The molecular formula is C17H26N2O2. The van der Waals surface area contributed by atoms with E-state index in [0.717, 1.165) is 31.4 Å². The Morgan fingerprint density at radius 2 is 1.67 bits per heavy atom. The van der Waals surface area contributed by atoms with Gasteiger partial charge in [0.15, 0.2) is 0 Å². The molecule has 2 amide bonds. The van der Waals surface area contributed by atoms with Gasteiger partial charge in [-0.15, -0.1) is 0 Å². The van der Waals surface area contributed by atoms with Gasteiger partial charge in [-0.3, -0.25) is 9.59 Å². The lowest BCUT2D eigenvalue weighted by molar-refractivity contribution is -0.120. The smallest absolute Gasteiger partial charge is 0.251 e. The fourth-order valence-corrected chi connectivity index (χ4v) is 2.09. The summed E-state index contributed by atoms with van der Waals surface area (Å²) in [5.74, 6) is 0.0171. The van der Waals surface area contributed by atoms with E-state index >= 15 is 0 Å². The second-order valence-electron chi connectivity index (χ2n) is 5.19. The third-order valence-electron chi connectivity index (χ3n) is 3.59. The minimum absolute atomic E-state index is 0.0418. The number of hydrogen-bond acceptors (Lipinski definition) is 2. The lowest BCUT2D eigenvalue weighted by Crippen LogP contribution is -2.24. The highest BCUT2D eigenvalue weighted by Crippen LogP contribution is 2.14. The first-order valence-electron chi connectivity index (χ1n) is 7.81. The van der Waals surface area contributed by atoms with Crippen LogP contribution in [0.3, 0.4) is 0 Å². The van der Waals surface area contributed by atoms with Gasteiger partial charge in [0.1, 0.15) is 0 Å². The second kappa shape index (κ2) is 9.16. The van der Waals surface area contributed by atoms with E-state index in [2.05, 4.69) is 17.6 Å². The maximum Gasteiger partial charge on any atom is 0.251 e. The van der Waals surface area contributed by atoms with Gasteiger partial charge in [-0.25, -0.2) is 0 Å². The molecule has 0 spiro atoms. The molecule has 0 unspecified atom stereocenters. The van der Waals surface area contributed by atoms with Gasteiger partial charge >= 0.3 is 0 Å². The molecule has 116 valence electrons. The first-order chi connectivity index (χ1) is 10.1. The Morgan fingerprint density at radius 3 is 2.19 bits per heavy atom. The molecule has 1 aromatic rings. The summed E-state index contributed by atoms with van der Waals surface area (Å²) in [5, 5.41) is 5.76. The van der Waals surface area contributed by atoms with Gasteiger partial charge in [-0.05, 0) is 43.5 Å². The van der Waals surface area contributed by atoms with Gasteiger partial charge in [-0.1, -0.05) is 27.2 Å². The van der Waals surface area contributed by atoms with Crippen LogP contribution in [0.5, 0.6) is 0 Å². The number of carbonyl (C=O) groups excluding carboxylic acids is 2. The van der Waals surface area contributed by atoms with Crippen molar-refractivity contribution in [1.82, 2.24) is 5.32 Å². The largest absolute Gasteiger partial charge is 0.352 e. The molecule has 0 aliphatic rings. The molecular weight excluding hydrogens is 264 g/mol. The van der Waals surface area contributed by atoms with E-state index in [1.165, 1.54) is 0 Å². The summed E-state index contributed by atoms with van der Waals surface area (Å²) in [6, 6.07) is 7.03. The Labute approximate surface area is 127 Å². The summed E-state index contributed by atoms with van der Waals surface area (Å²) in [4.78, 5) is 23.8. The Hall–Kier alpha value is -1.84. The molecule has 1 rings (SSSR count). The van der Waals surface area contributed by atoms with Crippen molar-refractivity contribution in [3.05, 3.63) is 29.8 Å². The number of rotatable bonds is 8. The molecule has 0 aliphatic heterocycles. The molecule has 4 nitrogen and oxygen atoms in total. The molecule has 0 aromatic heterocycles. The molecule has 0 atom stereocenters. The van der Waals surface area contributed by atoms with E-state index in [-0.39, 0.29) is 17.7 Å². The number of unbranched alkanes of at least 4 members (excludes halogenated alkanes) is 1. The first-order valence-corrected chi connectivity index (χ1v) is 7.81. The van der Waals surface area contributed by atoms with Crippen molar-refractivity contribution in [2.45, 2.75) is 46.5 Å². The Bertz CT molecular complexity index is 450. The van der Waals surface area contributed by atoms with Gasteiger partial charge in [0.25, 0.3) is 5.91 Å². The maximum atomic E-state index is 12.0. The molecule has 0 saturated heterocycles. The number of amides is 2. The van der Waals surface area contributed by atoms with Crippen molar-refractivity contribution in [2.75, 3.05) is 11.9 Å². The summed E-state index contributed by atoms with van der Waals surface area (Å²) in [5.41, 5.74) is 1.35. The molecule has 4 heteroatoms. The minimum Gasteiger partial charge on any atom is -0.352 e. The van der Waals surface area contributed by atoms with E-state index in [9.17, 15) is 9.59 Å². The fourth-order valence-electron chi connectivity index (χ4n) is 2.09. The summed E-state index contributed by atoms with van der Waals surface area (Å²) in [6.07, 6.45) is 3.71. The van der Waals surface area contributed by atoms with Gasteiger partial charge in [-0.2, -0.15) is 0 Å². The molecule has 0 heterocycles. The molecule has 2 N–H and O–H groups in total. The van der Waals surface area contributed by atoms with Crippen molar-refractivity contribution in [1.29, 1.82) is 0 Å². The van der Waals surface area contributed by atoms with E-state index in [4.69, 9.17) is 0 Å². The zero-order chi connectivity index (χ0) is 15.7. The van der Waals surface area contributed by atoms with Crippen molar-refractivity contribution in [3.8, 4) is 0 Å². The van der Waals surface area contributed by atoms with Crippen LogP contribution in [0.15, 0.2) is 24.3 Å². The van der Waals surface area contributed by atoms with Gasteiger partial charge in [0.05, 0.1) is 0 Å². The predicted molar refractivity (Wildman–Crippen MR) is 86.4 cm³/mol. The van der Waals surface area contributed by atoms with E-state index < -0.39 is 0 Å². The standard InChI is InChI=1S/C17H26N2O2/c1-4-7-12-18-16(20)14-8-10-15(11-9-14)19-17(21)13(5-2)6-3/h8-11,13H,4-7,12H2,1-3H3,(H,18,20)(H,19,21). The average Bonchev–Trinajstić information content (AvgIpc) is 2.49. The van der Waals surface area contributed by atoms with Crippen LogP contribution in [-0.2, 0) is 4.79 Å². The second-order valence-corrected chi connectivity index (χ2v) is 5.19. The molecule has 0 bridgehead atoms. The number of benzene rings is 1. The lowest BCUT2D eigenvalue weighted by Gasteiger charge is -2.13. The monoisotopic (exact) mass is 290 g/mol. The third kappa shape index (κ3) is 5.58. The van der Waals surface area contributed by atoms with Crippen molar-refractivity contribution in [3.63, 3.8) is 0 Å². The Kier molecular flexibility index (Phi) is 7.51. The van der Waals surface area contributed by atoms with Crippen LogP contribution in [0, 0.1) is 5.92 Å². The molecule has 21 heavy (non-hydrogen) atoms. The van der Waals surface area contributed by atoms with Gasteiger partial charge < -0.3 is 10.6 Å². The van der Waals surface area contributed by atoms with Crippen LogP contribution in [0.1, 0.15) is 56.8 Å². The number of carbonyl (C=O) groups is 2. The number of nitrogens with one attached hydrogen (secondary N) is 2. The van der Waals surface area contributed by atoms with Crippen LogP contribution < -0.4 is 10.6 Å². The SMILES string of the molecule is CCCCNC(=O)c1ccc(NC(=O)C(CC)CC)cc1. The number of hydrogen-bond donors (Lipinski definition) is 2. The van der Waals surface area contributed by atoms with Crippen molar-refractivity contribution in [2.24, 2.45) is 5.92 Å². The van der Waals surface area contributed by atoms with E-state index in [0.29, 0.717) is 12.1 Å². The zero-order valence-corrected chi connectivity index (χ0v) is 13.2. The molecule has 0 fully saturated rings. The van der Waals surface area contributed by atoms with Gasteiger partial charge in [0.2, 0.25) is 5.91 Å². The Balaban J connectivity index is 2.57. The molecule has 0 saturated carbocycles. The third-order valence-corrected chi connectivity index (χ3v) is 3.59. The summed E-state index contributed by atoms with van der Waals surface area (Å²) in [7, 11) is 0. The first kappa shape index (κ1) is 17.2. The van der Waals surface area contributed by atoms with Crippen LogP contribution in [0.2, 0.25) is 0 Å². The molecule has 1 aromatic carbocycles. The van der Waals surface area contributed by atoms with Crippen molar-refractivity contribution >= 4 is 17.5 Å². The summed E-state index contributed by atoms with van der Waals surface area (Å²) >= 11 is 0. The maximum absolute atomic E-state index is 12.0. The van der Waals surface area contributed by atoms with Crippen molar-refractivity contribution < 1.29 is 9.59 Å². The van der Waals surface area contributed by atoms with Gasteiger partial charge in [0, 0.05) is 23.7 Å². The van der Waals surface area contributed by atoms with Crippen LogP contribution in [-0.4, -0.2) is 18.4 Å². The van der Waals surface area contributed by atoms with Crippen LogP contribution in [0.4, 0.5) is 5.69 Å². The average molecular weight is 290 g/mol. The van der Waals surface area contributed by atoms with E-state index in [1.54, 1.807) is 24.3 Å².